The quantitative estimate of drug-likeness (QED) is 0.417. The van der Waals surface area contributed by atoms with E-state index in [0.717, 1.165) is 0 Å². The summed E-state index contributed by atoms with van der Waals surface area (Å²) in [6.07, 6.45) is -1.31. The highest BCUT2D eigenvalue weighted by atomic mass is 19.4. The summed E-state index contributed by atoms with van der Waals surface area (Å²) in [6, 6.07) is 0. The number of carbonyl (C=O) groups excluding carboxylic acids is 1. The molecule has 0 heterocycles. The molecule has 0 unspecified atom stereocenters. The Morgan fingerprint density at radius 2 is 1.07 bits per heavy atom. The van der Waals surface area contributed by atoms with Crippen molar-refractivity contribution in [3.05, 3.63) is 12.2 Å². The van der Waals surface area contributed by atoms with Gasteiger partial charge in [0.15, 0.2) is 0 Å². The highest BCUT2D eigenvalue weighted by Gasteiger charge is 3.01. The zero-order valence-corrected chi connectivity index (χ0v) is 12.5. The smallest absolute Gasteiger partial charge is 0.384 e. The normalized spacial score (nSPS) is 26.0. The lowest BCUT2D eigenvalue weighted by Crippen LogP contribution is -2.84. The van der Waals surface area contributed by atoms with Crippen LogP contribution in [0.3, 0.4) is 0 Å². The second-order valence-electron chi connectivity index (χ2n) is 5.42. The third-order valence-corrected chi connectivity index (χ3v) is 3.63. The van der Waals surface area contributed by atoms with Crippen LogP contribution in [0.2, 0.25) is 0 Å². The highest BCUT2D eigenvalue weighted by Crippen LogP contribution is 2.69. The van der Waals surface area contributed by atoms with Crippen LogP contribution in [-0.2, 0) is 14.3 Å². The molecule has 0 aliphatic heterocycles. The van der Waals surface area contributed by atoms with Gasteiger partial charge in [-0.05, 0) is 0 Å². The molecule has 0 bridgehead atoms. The lowest BCUT2D eigenvalue weighted by Gasteiger charge is -2.52. The summed E-state index contributed by atoms with van der Waals surface area (Å²) in [5.41, 5.74) is -7.68. The third kappa shape index (κ3) is 2.64. The Morgan fingerprint density at radius 3 is 1.41 bits per heavy atom. The maximum absolute atomic E-state index is 14.1. The number of hydrogen-bond acceptors (Lipinski definition) is 3. The van der Waals surface area contributed by atoms with Crippen molar-refractivity contribution < 1.29 is 67.7 Å². The number of carboxylic acid groups (broad SMARTS) is 1. The molecule has 0 atom stereocenters. The van der Waals surface area contributed by atoms with E-state index in [1.165, 1.54) is 0 Å². The molecule has 1 aliphatic rings. The minimum Gasteiger partial charge on any atom is -0.481 e. The summed E-state index contributed by atoms with van der Waals surface area (Å²) in [7, 11) is 0. The van der Waals surface area contributed by atoms with E-state index in [1.54, 1.807) is 0 Å². The van der Waals surface area contributed by atoms with Crippen molar-refractivity contribution in [2.24, 2.45) is 0 Å². The molecule has 1 aliphatic carbocycles. The van der Waals surface area contributed by atoms with Gasteiger partial charge in [0.05, 0.1) is 6.42 Å². The number of aliphatic carboxylic acids is 1. The summed E-state index contributed by atoms with van der Waals surface area (Å²) >= 11 is 0. The van der Waals surface area contributed by atoms with Crippen molar-refractivity contribution >= 4 is 11.9 Å². The highest BCUT2D eigenvalue weighted by molar-refractivity contribution is 5.92. The van der Waals surface area contributed by atoms with Crippen molar-refractivity contribution in [3.8, 4) is 0 Å². The van der Waals surface area contributed by atoms with Gasteiger partial charge in [-0.1, -0.05) is 6.58 Å². The zero-order chi connectivity index (χ0) is 21.9. The van der Waals surface area contributed by atoms with Gasteiger partial charge in [0.1, 0.15) is 6.61 Å². The first-order chi connectivity index (χ1) is 11.7. The van der Waals surface area contributed by atoms with Crippen molar-refractivity contribution in [1.82, 2.24) is 0 Å². The zero-order valence-electron chi connectivity index (χ0n) is 12.5. The second-order valence-corrected chi connectivity index (χ2v) is 5.42. The maximum atomic E-state index is 14.1. The van der Waals surface area contributed by atoms with Gasteiger partial charge in [0, 0.05) is 5.57 Å². The monoisotopic (exact) mass is 424 g/mol. The van der Waals surface area contributed by atoms with E-state index in [4.69, 9.17) is 5.11 Å². The molecular weight excluding hydrogens is 417 g/mol. The molecule has 0 radical (unpaired) electrons. The Morgan fingerprint density at radius 1 is 0.741 bits per heavy atom. The molecule has 4 nitrogen and oxygen atoms in total. The molecule has 0 aromatic carbocycles. The van der Waals surface area contributed by atoms with E-state index in [2.05, 4.69) is 11.3 Å². The van der Waals surface area contributed by atoms with Gasteiger partial charge in [0.2, 0.25) is 0 Å². The Kier molecular flexibility index (Phi) is 5.06. The number of rotatable bonds is 5. The number of carbonyl (C=O) groups is 2. The molecule has 27 heavy (non-hydrogen) atoms. The van der Waals surface area contributed by atoms with Crippen LogP contribution in [0.15, 0.2) is 12.2 Å². The first-order valence-corrected chi connectivity index (χ1v) is 6.37. The molecule has 1 N–H and O–H groups in total. The van der Waals surface area contributed by atoms with E-state index >= 15 is 0 Å². The molecule has 0 spiro atoms. The van der Waals surface area contributed by atoms with Gasteiger partial charge in [-0.25, -0.2) is 9.18 Å². The van der Waals surface area contributed by atoms with Gasteiger partial charge < -0.3 is 9.84 Å². The summed E-state index contributed by atoms with van der Waals surface area (Å²) in [5, 5.41) is 8.30. The summed E-state index contributed by atoms with van der Waals surface area (Å²) < 4.78 is 150. The molecule has 1 saturated carbocycles. The molecule has 0 amide bonds. The van der Waals surface area contributed by atoms with E-state index in [9.17, 15) is 57.9 Å². The molecule has 0 aromatic heterocycles. The van der Waals surface area contributed by atoms with Crippen LogP contribution < -0.4 is 0 Å². The number of hydrogen-bond donors (Lipinski definition) is 1. The fraction of sp³-hybridized carbons (Fsp3) is 0.667. The Balaban J connectivity index is 3.39. The largest absolute Gasteiger partial charge is 0.481 e. The molecule has 0 aromatic rings. The fourth-order valence-corrected chi connectivity index (χ4v) is 1.99. The summed E-state index contributed by atoms with van der Waals surface area (Å²) in [4.78, 5) is 21.4. The van der Waals surface area contributed by atoms with Crippen LogP contribution in [-0.4, -0.2) is 58.9 Å². The van der Waals surface area contributed by atoms with E-state index in [0.29, 0.717) is 0 Å². The molecule has 156 valence electrons. The standard InChI is InChI=1S/C12H7F11O4/c1-4(2-5(24)25)6(26)27-3-7(13)8(14,15)10(18,19)12(22,23)11(20,21)9(7,16)17/h1-3H2,(H,24,25). The van der Waals surface area contributed by atoms with Crippen LogP contribution >= 0.6 is 0 Å². The van der Waals surface area contributed by atoms with Crippen LogP contribution in [0.25, 0.3) is 0 Å². The Bertz CT molecular complexity index is 640. The first-order valence-electron chi connectivity index (χ1n) is 6.37. The number of ether oxygens (including phenoxy) is 1. The number of carboxylic acids is 1. The van der Waals surface area contributed by atoms with E-state index in [1.807, 2.05) is 0 Å². The van der Waals surface area contributed by atoms with Crippen molar-refractivity contribution in [2.45, 2.75) is 41.7 Å². The minimum absolute atomic E-state index is 1.20. The van der Waals surface area contributed by atoms with Gasteiger partial charge in [-0.3, -0.25) is 4.79 Å². The van der Waals surface area contributed by atoms with Crippen LogP contribution in [0, 0.1) is 0 Å². The lowest BCUT2D eigenvalue weighted by atomic mass is 9.72. The van der Waals surface area contributed by atoms with Crippen molar-refractivity contribution in [2.75, 3.05) is 6.61 Å². The SMILES string of the molecule is C=C(CC(=O)O)C(=O)OCC1(F)C(F)(F)C(F)(F)C(F)(F)C(F)(F)C1(F)F. The predicted molar refractivity (Wildman–Crippen MR) is 60.9 cm³/mol. The van der Waals surface area contributed by atoms with E-state index < -0.39 is 65.8 Å². The maximum Gasteiger partial charge on any atom is 0.384 e. The van der Waals surface area contributed by atoms with Gasteiger partial charge in [-0.2, -0.15) is 43.9 Å². The number of halogens is 11. The van der Waals surface area contributed by atoms with E-state index in [-0.39, 0.29) is 0 Å². The predicted octanol–water partition coefficient (Wildman–Crippen LogP) is 3.46. The fourth-order valence-electron chi connectivity index (χ4n) is 1.99. The summed E-state index contributed by atoms with van der Waals surface area (Å²) in [6.45, 7) is -0.565. The average Bonchev–Trinajstić information content (AvgIpc) is 2.49. The first kappa shape index (κ1) is 23.0. The minimum atomic E-state index is -7.38. The van der Waals surface area contributed by atoms with Gasteiger partial charge in [0.25, 0.3) is 5.67 Å². The molecular formula is C12H7F11O4. The van der Waals surface area contributed by atoms with Crippen LogP contribution in [0.5, 0.6) is 0 Å². The second kappa shape index (κ2) is 5.95. The number of alkyl halides is 11. The third-order valence-electron chi connectivity index (χ3n) is 3.63. The molecule has 15 heteroatoms. The van der Waals surface area contributed by atoms with Gasteiger partial charge in [-0.15, -0.1) is 0 Å². The van der Waals surface area contributed by atoms with Crippen LogP contribution in [0.1, 0.15) is 6.42 Å². The Hall–Kier alpha value is -2.09. The topological polar surface area (TPSA) is 63.6 Å². The van der Waals surface area contributed by atoms with Crippen LogP contribution in [0.4, 0.5) is 48.3 Å². The Labute approximate surface area is 141 Å². The average molecular weight is 424 g/mol. The van der Waals surface area contributed by atoms with Crippen molar-refractivity contribution in [3.63, 3.8) is 0 Å². The lowest BCUT2D eigenvalue weighted by molar-refractivity contribution is -0.487. The molecule has 1 fully saturated rings. The molecule has 0 saturated heterocycles. The van der Waals surface area contributed by atoms with Gasteiger partial charge >= 0.3 is 41.6 Å². The summed E-state index contributed by atoms with van der Waals surface area (Å²) in [5.74, 6) is -40.3. The number of esters is 1. The molecule has 1 rings (SSSR count). The van der Waals surface area contributed by atoms with Crippen molar-refractivity contribution in [1.29, 1.82) is 0 Å².